The van der Waals surface area contributed by atoms with Crippen LogP contribution in [0.5, 0.6) is 0 Å². The number of rotatable bonds is 10. The van der Waals surface area contributed by atoms with Gasteiger partial charge >= 0.3 is 0 Å². The average Bonchev–Trinajstić information content (AvgIpc) is 2.21. The highest BCUT2D eigenvalue weighted by Gasteiger charge is 1.89. The number of hydrogen-bond donors (Lipinski definition) is 1. The van der Waals surface area contributed by atoms with E-state index in [4.69, 9.17) is 9.47 Å². The fourth-order valence-corrected chi connectivity index (χ4v) is 1.00. The maximum atomic E-state index is 5.36. The van der Waals surface area contributed by atoms with Crippen molar-refractivity contribution in [1.82, 2.24) is 5.32 Å². The minimum atomic E-state index is 0.744. The van der Waals surface area contributed by atoms with E-state index in [0.717, 1.165) is 39.3 Å². The van der Waals surface area contributed by atoms with Crippen LogP contribution in [-0.4, -0.2) is 40.0 Å². The van der Waals surface area contributed by atoms with Crippen LogP contribution in [0.15, 0.2) is 12.2 Å². The van der Waals surface area contributed by atoms with Crippen molar-refractivity contribution in [3.05, 3.63) is 12.2 Å². The van der Waals surface area contributed by atoms with Gasteiger partial charge in [-0.1, -0.05) is 12.2 Å². The van der Waals surface area contributed by atoms with Crippen LogP contribution < -0.4 is 5.32 Å². The van der Waals surface area contributed by atoms with E-state index in [2.05, 4.69) is 5.32 Å². The summed E-state index contributed by atoms with van der Waals surface area (Å²) in [5, 5.41) is 3.29. The van der Waals surface area contributed by atoms with Crippen LogP contribution in [0.2, 0.25) is 0 Å². The predicted octanol–water partition coefficient (Wildman–Crippen LogP) is 1.60. The maximum Gasteiger partial charge on any atom is 0.0647 e. The summed E-state index contributed by atoms with van der Waals surface area (Å²) in [5.74, 6) is 0. The van der Waals surface area contributed by atoms with Gasteiger partial charge in [0, 0.05) is 20.3 Å². The molecule has 0 unspecified atom stereocenters. The molecule has 0 aliphatic carbocycles. The second-order valence-corrected chi connectivity index (χ2v) is 3.09. The first kappa shape index (κ1) is 13.6. The van der Waals surface area contributed by atoms with Gasteiger partial charge in [0.25, 0.3) is 0 Å². The Morgan fingerprint density at radius 1 is 1.14 bits per heavy atom. The van der Waals surface area contributed by atoms with Crippen LogP contribution in [0.25, 0.3) is 0 Å². The van der Waals surface area contributed by atoms with Crippen LogP contribution in [0, 0.1) is 0 Å². The van der Waals surface area contributed by atoms with Crippen LogP contribution in [-0.2, 0) is 9.47 Å². The Bertz CT molecular complexity index is 126. The lowest BCUT2D eigenvalue weighted by atomic mass is 10.3. The number of ether oxygens (including phenoxy) is 2. The van der Waals surface area contributed by atoms with Crippen molar-refractivity contribution in [2.24, 2.45) is 0 Å². The Morgan fingerprint density at radius 3 is 2.71 bits per heavy atom. The first-order valence-corrected chi connectivity index (χ1v) is 5.30. The van der Waals surface area contributed by atoms with E-state index in [1.807, 2.05) is 19.1 Å². The molecule has 1 N–H and O–H groups in total. The van der Waals surface area contributed by atoms with E-state index in [0.29, 0.717) is 0 Å². The third kappa shape index (κ3) is 11.6. The number of nitrogens with one attached hydrogen (secondary N) is 1. The second-order valence-electron chi connectivity index (χ2n) is 3.09. The van der Waals surface area contributed by atoms with Crippen LogP contribution in [0.3, 0.4) is 0 Å². The zero-order chi connectivity index (χ0) is 10.5. The molecule has 0 amide bonds. The van der Waals surface area contributed by atoms with E-state index < -0.39 is 0 Å². The van der Waals surface area contributed by atoms with Gasteiger partial charge in [-0.05, 0) is 26.3 Å². The number of unbranched alkanes of at least 4 members (excludes halogenated alkanes) is 1. The van der Waals surface area contributed by atoms with Gasteiger partial charge in [-0.2, -0.15) is 0 Å². The van der Waals surface area contributed by atoms with Gasteiger partial charge in [-0.15, -0.1) is 0 Å². The summed E-state index contributed by atoms with van der Waals surface area (Å²) in [5.41, 5.74) is 0. The topological polar surface area (TPSA) is 30.5 Å². The Kier molecular flexibility index (Phi) is 12.3. The van der Waals surface area contributed by atoms with Gasteiger partial charge in [-0.3, -0.25) is 0 Å². The molecule has 0 spiro atoms. The largest absolute Gasteiger partial charge is 0.383 e. The lowest BCUT2D eigenvalue weighted by Gasteiger charge is -2.03. The molecule has 14 heavy (non-hydrogen) atoms. The molecule has 0 aromatic heterocycles. The molecule has 0 saturated heterocycles. The SMILES string of the molecule is CC=CCOCCCCNCCOC. The number of hydrogen-bond acceptors (Lipinski definition) is 3. The Morgan fingerprint density at radius 2 is 2.00 bits per heavy atom. The van der Waals surface area contributed by atoms with Crippen molar-refractivity contribution in [2.75, 3.05) is 40.0 Å². The Hall–Kier alpha value is -0.380. The lowest BCUT2D eigenvalue weighted by Crippen LogP contribution is -2.20. The van der Waals surface area contributed by atoms with Gasteiger partial charge < -0.3 is 14.8 Å². The molecular weight excluding hydrogens is 178 g/mol. The molecule has 3 nitrogen and oxygen atoms in total. The Balaban J connectivity index is 2.85. The van der Waals surface area contributed by atoms with Gasteiger partial charge in [0.1, 0.15) is 0 Å². The molecule has 0 atom stereocenters. The molecule has 0 aromatic rings. The fourth-order valence-electron chi connectivity index (χ4n) is 1.00. The van der Waals surface area contributed by atoms with E-state index in [9.17, 15) is 0 Å². The van der Waals surface area contributed by atoms with E-state index in [-0.39, 0.29) is 0 Å². The summed E-state index contributed by atoms with van der Waals surface area (Å²) in [7, 11) is 1.72. The van der Waals surface area contributed by atoms with Crippen molar-refractivity contribution in [2.45, 2.75) is 19.8 Å². The van der Waals surface area contributed by atoms with Crippen LogP contribution in [0.1, 0.15) is 19.8 Å². The summed E-state index contributed by atoms with van der Waals surface area (Å²) < 4.78 is 10.3. The molecule has 0 aliphatic rings. The maximum absolute atomic E-state index is 5.36. The van der Waals surface area contributed by atoms with Crippen molar-refractivity contribution in [3.8, 4) is 0 Å². The molecule has 3 heteroatoms. The number of allylic oxidation sites excluding steroid dienone is 1. The monoisotopic (exact) mass is 201 g/mol. The lowest BCUT2D eigenvalue weighted by molar-refractivity contribution is 0.157. The quantitative estimate of drug-likeness (QED) is 0.430. The van der Waals surface area contributed by atoms with E-state index in [1.165, 1.54) is 6.42 Å². The highest BCUT2D eigenvalue weighted by Crippen LogP contribution is 1.88. The van der Waals surface area contributed by atoms with Crippen molar-refractivity contribution >= 4 is 0 Å². The molecule has 0 saturated carbocycles. The van der Waals surface area contributed by atoms with Gasteiger partial charge in [-0.25, -0.2) is 0 Å². The van der Waals surface area contributed by atoms with E-state index >= 15 is 0 Å². The van der Waals surface area contributed by atoms with Crippen LogP contribution >= 0.6 is 0 Å². The first-order valence-electron chi connectivity index (χ1n) is 5.30. The summed E-state index contributed by atoms with van der Waals surface area (Å²) in [6.45, 7) is 6.39. The minimum absolute atomic E-state index is 0.744. The minimum Gasteiger partial charge on any atom is -0.383 e. The number of methoxy groups -OCH3 is 1. The second kappa shape index (κ2) is 12.6. The van der Waals surface area contributed by atoms with Crippen molar-refractivity contribution in [3.63, 3.8) is 0 Å². The molecule has 0 aromatic carbocycles. The molecule has 84 valence electrons. The Labute approximate surface area is 87.5 Å². The summed E-state index contributed by atoms with van der Waals surface area (Å²) in [6, 6.07) is 0. The normalized spacial score (nSPS) is 11.3. The van der Waals surface area contributed by atoms with Crippen molar-refractivity contribution < 1.29 is 9.47 Å². The summed E-state index contributed by atoms with van der Waals surface area (Å²) in [6.07, 6.45) is 6.32. The van der Waals surface area contributed by atoms with Gasteiger partial charge in [0.05, 0.1) is 13.2 Å². The molecule has 0 heterocycles. The summed E-state index contributed by atoms with van der Waals surface area (Å²) >= 11 is 0. The molecule has 0 aliphatic heterocycles. The standard InChI is InChI=1S/C11H23NO2/c1-3-4-9-14-10-6-5-7-12-8-11-13-2/h3-4,12H,5-11H2,1-2H3. The molecule has 0 bridgehead atoms. The van der Waals surface area contributed by atoms with Gasteiger partial charge in [0.2, 0.25) is 0 Å². The molecular formula is C11H23NO2. The average molecular weight is 201 g/mol. The molecule has 0 rings (SSSR count). The fraction of sp³-hybridized carbons (Fsp3) is 0.818. The van der Waals surface area contributed by atoms with Crippen molar-refractivity contribution in [1.29, 1.82) is 0 Å². The summed E-state index contributed by atoms with van der Waals surface area (Å²) in [4.78, 5) is 0. The van der Waals surface area contributed by atoms with E-state index in [1.54, 1.807) is 7.11 Å². The third-order valence-corrected chi connectivity index (χ3v) is 1.82. The first-order chi connectivity index (χ1) is 6.91. The molecule has 0 radical (unpaired) electrons. The third-order valence-electron chi connectivity index (χ3n) is 1.82. The van der Waals surface area contributed by atoms with Gasteiger partial charge in [0.15, 0.2) is 0 Å². The zero-order valence-corrected chi connectivity index (χ0v) is 9.42. The highest BCUT2D eigenvalue weighted by molar-refractivity contribution is 4.75. The molecule has 0 fully saturated rings. The van der Waals surface area contributed by atoms with Crippen LogP contribution in [0.4, 0.5) is 0 Å². The highest BCUT2D eigenvalue weighted by atomic mass is 16.5. The predicted molar refractivity (Wildman–Crippen MR) is 59.6 cm³/mol. The zero-order valence-electron chi connectivity index (χ0n) is 9.42. The smallest absolute Gasteiger partial charge is 0.0647 e.